The molecule has 0 spiro atoms. The molecule has 0 unspecified atom stereocenters. The van der Waals surface area contributed by atoms with Crippen LogP contribution in [0.2, 0.25) is 0 Å². The van der Waals surface area contributed by atoms with E-state index >= 15 is 0 Å². The van der Waals surface area contributed by atoms with Crippen LogP contribution < -0.4 is 5.73 Å². The molecule has 0 aromatic rings. The summed E-state index contributed by atoms with van der Waals surface area (Å²) in [6, 6.07) is 0.271. The molecule has 0 aromatic heterocycles. The van der Waals surface area contributed by atoms with Crippen LogP contribution in [0.5, 0.6) is 0 Å². The minimum Gasteiger partial charge on any atom is -0.480 e. The van der Waals surface area contributed by atoms with E-state index in [1.807, 2.05) is 18.7 Å². The minimum atomic E-state index is -0.777. The minimum absolute atomic E-state index is 0.109. The number of hydrogen-bond donors (Lipinski definition) is 2. The monoisotopic (exact) mass is 174 g/mol. The van der Waals surface area contributed by atoms with Crippen LogP contribution in [0.1, 0.15) is 20.3 Å². The molecule has 72 valence electrons. The number of nitrogens with zero attached hydrogens (tertiary/aromatic N) is 1. The standard InChI is InChI=1S/C8H18N2O2/c1-7(2)10(5-3-4-9)6-8(11)12/h7H,3-6,9H2,1-2H3,(H,11,12). The molecule has 0 aliphatic rings. The summed E-state index contributed by atoms with van der Waals surface area (Å²) < 4.78 is 0. The van der Waals surface area contributed by atoms with E-state index < -0.39 is 5.97 Å². The Morgan fingerprint density at radius 1 is 1.58 bits per heavy atom. The normalized spacial score (nSPS) is 11.1. The third kappa shape index (κ3) is 5.09. The number of aliphatic carboxylic acids is 1. The van der Waals surface area contributed by atoms with Crippen LogP contribution in [0.25, 0.3) is 0 Å². The van der Waals surface area contributed by atoms with Crippen molar-refractivity contribution in [2.45, 2.75) is 26.3 Å². The molecule has 0 aromatic carbocycles. The van der Waals surface area contributed by atoms with E-state index in [0.717, 1.165) is 13.0 Å². The average molecular weight is 174 g/mol. The zero-order valence-corrected chi connectivity index (χ0v) is 7.79. The summed E-state index contributed by atoms with van der Waals surface area (Å²) in [7, 11) is 0. The van der Waals surface area contributed by atoms with Crippen molar-refractivity contribution < 1.29 is 9.90 Å². The zero-order valence-electron chi connectivity index (χ0n) is 7.79. The van der Waals surface area contributed by atoms with Gasteiger partial charge in [-0.2, -0.15) is 0 Å². The van der Waals surface area contributed by atoms with Gasteiger partial charge in [-0.15, -0.1) is 0 Å². The highest BCUT2D eigenvalue weighted by molar-refractivity contribution is 5.69. The van der Waals surface area contributed by atoms with Crippen molar-refractivity contribution >= 4 is 5.97 Å². The Balaban J connectivity index is 3.78. The summed E-state index contributed by atoms with van der Waals surface area (Å²) in [6.07, 6.45) is 0.853. The molecule has 0 saturated heterocycles. The van der Waals surface area contributed by atoms with E-state index in [0.29, 0.717) is 6.54 Å². The van der Waals surface area contributed by atoms with Gasteiger partial charge in [0.05, 0.1) is 6.54 Å². The second kappa shape index (κ2) is 5.97. The molecule has 4 nitrogen and oxygen atoms in total. The van der Waals surface area contributed by atoms with Gasteiger partial charge in [0.15, 0.2) is 0 Å². The molecule has 0 fully saturated rings. The fourth-order valence-corrected chi connectivity index (χ4v) is 0.988. The Morgan fingerprint density at radius 2 is 2.17 bits per heavy atom. The van der Waals surface area contributed by atoms with Crippen LogP contribution >= 0.6 is 0 Å². The van der Waals surface area contributed by atoms with E-state index in [1.165, 1.54) is 0 Å². The van der Waals surface area contributed by atoms with Gasteiger partial charge in [-0.1, -0.05) is 0 Å². The zero-order chi connectivity index (χ0) is 9.56. The van der Waals surface area contributed by atoms with E-state index in [1.54, 1.807) is 0 Å². The molecule has 4 heteroatoms. The molecule has 0 heterocycles. The molecule has 0 saturated carbocycles. The van der Waals surface area contributed by atoms with Crippen molar-refractivity contribution in [3.8, 4) is 0 Å². The molecule has 0 bridgehead atoms. The molecule has 0 amide bonds. The maximum Gasteiger partial charge on any atom is 0.317 e. The van der Waals surface area contributed by atoms with Gasteiger partial charge in [0, 0.05) is 12.6 Å². The SMILES string of the molecule is CC(C)N(CCCN)CC(=O)O. The molecule has 0 radical (unpaired) electrons. The van der Waals surface area contributed by atoms with Crippen LogP contribution in [0.3, 0.4) is 0 Å². The van der Waals surface area contributed by atoms with Crippen LogP contribution in [-0.4, -0.2) is 41.7 Å². The Bertz CT molecular complexity index is 137. The van der Waals surface area contributed by atoms with Crippen molar-refractivity contribution in [1.82, 2.24) is 4.90 Å². The van der Waals surface area contributed by atoms with Crippen molar-refractivity contribution in [3.05, 3.63) is 0 Å². The molecule has 3 N–H and O–H groups in total. The molecule has 0 atom stereocenters. The summed E-state index contributed by atoms with van der Waals surface area (Å²) in [6.45, 7) is 5.46. The Hall–Kier alpha value is -0.610. The van der Waals surface area contributed by atoms with E-state index in [2.05, 4.69) is 0 Å². The molecule has 0 rings (SSSR count). The van der Waals surface area contributed by atoms with Crippen LogP contribution in [0.15, 0.2) is 0 Å². The van der Waals surface area contributed by atoms with Gasteiger partial charge in [-0.25, -0.2) is 0 Å². The summed E-state index contributed by atoms with van der Waals surface area (Å²) in [5.74, 6) is -0.777. The lowest BCUT2D eigenvalue weighted by molar-refractivity contribution is -0.138. The highest BCUT2D eigenvalue weighted by atomic mass is 16.4. The average Bonchev–Trinajstić information content (AvgIpc) is 1.96. The molecular formula is C8H18N2O2. The third-order valence-electron chi connectivity index (χ3n) is 1.72. The molecular weight excluding hydrogens is 156 g/mol. The largest absolute Gasteiger partial charge is 0.480 e. The number of hydrogen-bond acceptors (Lipinski definition) is 3. The highest BCUT2D eigenvalue weighted by Crippen LogP contribution is 1.98. The maximum absolute atomic E-state index is 10.4. The number of nitrogens with two attached hydrogens (primary N) is 1. The third-order valence-corrected chi connectivity index (χ3v) is 1.72. The topological polar surface area (TPSA) is 66.6 Å². The highest BCUT2D eigenvalue weighted by Gasteiger charge is 2.11. The van der Waals surface area contributed by atoms with Gasteiger partial charge in [0.1, 0.15) is 0 Å². The van der Waals surface area contributed by atoms with Gasteiger partial charge in [-0.3, -0.25) is 9.69 Å². The van der Waals surface area contributed by atoms with E-state index in [9.17, 15) is 4.79 Å². The maximum atomic E-state index is 10.4. The lowest BCUT2D eigenvalue weighted by atomic mass is 10.3. The summed E-state index contributed by atoms with van der Waals surface area (Å²) in [5.41, 5.74) is 5.33. The number of rotatable bonds is 6. The summed E-state index contributed by atoms with van der Waals surface area (Å²) in [5, 5.41) is 8.56. The molecule has 12 heavy (non-hydrogen) atoms. The number of carbonyl (C=O) groups is 1. The van der Waals surface area contributed by atoms with Gasteiger partial charge in [-0.05, 0) is 26.8 Å². The number of carboxylic acid groups (broad SMARTS) is 1. The van der Waals surface area contributed by atoms with Crippen molar-refractivity contribution in [2.75, 3.05) is 19.6 Å². The fraction of sp³-hybridized carbons (Fsp3) is 0.875. The van der Waals surface area contributed by atoms with Gasteiger partial charge >= 0.3 is 5.97 Å². The first-order valence-corrected chi connectivity index (χ1v) is 4.23. The fourth-order valence-electron chi connectivity index (χ4n) is 0.988. The first kappa shape index (κ1) is 11.4. The Morgan fingerprint density at radius 3 is 2.50 bits per heavy atom. The Labute approximate surface area is 73.3 Å². The van der Waals surface area contributed by atoms with Crippen molar-refractivity contribution in [2.24, 2.45) is 5.73 Å². The van der Waals surface area contributed by atoms with Crippen LogP contribution in [-0.2, 0) is 4.79 Å². The molecule has 0 aliphatic heterocycles. The summed E-state index contributed by atoms with van der Waals surface area (Å²) >= 11 is 0. The lowest BCUT2D eigenvalue weighted by Crippen LogP contribution is -2.37. The summed E-state index contributed by atoms with van der Waals surface area (Å²) in [4.78, 5) is 12.3. The van der Waals surface area contributed by atoms with Gasteiger partial charge in [0.25, 0.3) is 0 Å². The van der Waals surface area contributed by atoms with E-state index in [-0.39, 0.29) is 12.6 Å². The van der Waals surface area contributed by atoms with Crippen molar-refractivity contribution in [1.29, 1.82) is 0 Å². The van der Waals surface area contributed by atoms with Crippen molar-refractivity contribution in [3.63, 3.8) is 0 Å². The number of carboxylic acids is 1. The predicted molar refractivity (Wildman–Crippen MR) is 48.0 cm³/mol. The first-order chi connectivity index (χ1) is 5.57. The van der Waals surface area contributed by atoms with Gasteiger partial charge in [0.2, 0.25) is 0 Å². The first-order valence-electron chi connectivity index (χ1n) is 4.23. The molecule has 0 aliphatic carbocycles. The quantitative estimate of drug-likeness (QED) is 0.600. The van der Waals surface area contributed by atoms with Crippen LogP contribution in [0.4, 0.5) is 0 Å². The smallest absolute Gasteiger partial charge is 0.317 e. The Kier molecular flexibility index (Phi) is 5.66. The van der Waals surface area contributed by atoms with E-state index in [4.69, 9.17) is 10.8 Å². The predicted octanol–water partition coefficient (Wildman–Crippen LogP) is 0.130. The second-order valence-corrected chi connectivity index (χ2v) is 3.10. The van der Waals surface area contributed by atoms with Gasteiger partial charge < -0.3 is 10.8 Å². The van der Waals surface area contributed by atoms with Crippen LogP contribution in [0, 0.1) is 0 Å². The lowest BCUT2D eigenvalue weighted by Gasteiger charge is -2.23. The second-order valence-electron chi connectivity index (χ2n) is 3.10.